The standard InChI is InChI=1S/C8H11NO/c1-2-4-8-7(3-1)5-9-6-10-8/h4-5,7H,1-3,6H2. The molecule has 0 spiro atoms. The van der Waals surface area contributed by atoms with Gasteiger partial charge >= 0.3 is 0 Å². The first-order valence-corrected chi connectivity index (χ1v) is 3.79. The molecule has 1 aliphatic heterocycles. The van der Waals surface area contributed by atoms with Crippen molar-refractivity contribution in [2.45, 2.75) is 19.3 Å². The highest BCUT2D eigenvalue weighted by Crippen LogP contribution is 2.25. The minimum atomic E-state index is 0.502. The summed E-state index contributed by atoms with van der Waals surface area (Å²) >= 11 is 0. The van der Waals surface area contributed by atoms with E-state index in [4.69, 9.17) is 4.74 Å². The first-order chi connectivity index (χ1) is 4.97. The summed E-state index contributed by atoms with van der Waals surface area (Å²) in [4.78, 5) is 4.07. The van der Waals surface area contributed by atoms with E-state index in [9.17, 15) is 0 Å². The van der Waals surface area contributed by atoms with Crippen molar-refractivity contribution < 1.29 is 4.74 Å². The van der Waals surface area contributed by atoms with Crippen LogP contribution in [-0.4, -0.2) is 12.9 Å². The van der Waals surface area contributed by atoms with Gasteiger partial charge in [0.05, 0.1) is 5.92 Å². The molecular weight excluding hydrogens is 126 g/mol. The summed E-state index contributed by atoms with van der Waals surface area (Å²) < 4.78 is 5.35. The number of hydrogen-bond donors (Lipinski definition) is 0. The lowest BCUT2D eigenvalue weighted by Gasteiger charge is -2.23. The molecule has 0 fully saturated rings. The average molecular weight is 137 g/mol. The predicted octanol–water partition coefficient (Wildman–Crippen LogP) is 1.73. The second-order valence-electron chi connectivity index (χ2n) is 2.75. The molecule has 0 aromatic heterocycles. The zero-order valence-corrected chi connectivity index (χ0v) is 5.92. The third-order valence-electron chi connectivity index (χ3n) is 2.02. The molecule has 1 unspecified atom stereocenters. The fourth-order valence-electron chi connectivity index (χ4n) is 1.47. The van der Waals surface area contributed by atoms with E-state index < -0.39 is 0 Å². The molecule has 54 valence electrons. The molecule has 0 saturated carbocycles. The van der Waals surface area contributed by atoms with E-state index in [1.54, 1.807) is 0 Å². The fraction of sp³-hybridized carbons (Fsp3) is 0.625. The van der Waals surface area contributed by atoms with E-state index >= 15 is 0 Å². The van der Waals surface area contributed by atoms with Gasteiger partial charge in [-0.3, -0.25) is 4.99 Å². The Morgan fingerprint density at radius 1 is 1.60 bits per heavy atom. The molecule has 0 amide bonds. The summed E-state index contributed by atoms with van der Waals surface area (Å²) in [5, 5.41) is 0. The van der Waals surface area contributed by atoms with Gasteiger partial charge in [-0.25, -0.2) is 0 Å². The van der Waals surface area contributed by atoms with Gasteiger partial charge in [0.15, 0.2) is 6.73 Å². The summed E-state index contributed by atoms with van der Waals surface area (Å²) in [6.07, 6.45) is 7.90. The van der Waals surface area contributed by atoms with Gasteiger partial charge in [-0.1, -0.05) is 0 Å². The molecule has 0 radical (unpaired) electrons. The maximum Gasteiger partial charge on any atom is 0.178 e. The Balaban J connectivity index is 2.20. The van der Waals surface area contributed by atoms with Gasteiger partial charge in [0.25, 0.3) is 0 Å². The number of fused-ring (bicyclic) bond motifs is 1. The lowest BCUT2D eigenvalue weighted by Crippen LogP contribution is -2.17. The number of allylic oxidation sites excluding steroid dienone is 2. The zero-order chi connectivity index (χ0) is 6.81. The van der Waals surface area contributed by atoms with Crippen molar-refractivity contribution in [3.63, 3.8) is 0 Å². The highest BCUT2D eigenvalue weighted by molar-refractivity contribution is 5.65. The monoisotopic (exact) mass is 137 g/mol. The average Bonchev–Trinajstić information content (AvgIpc) is 2.05. The molecule has 2 rings (SSSR count). The number of ether oxygens (including phenoxy) is 1. The van der Waals surface area contributed by atoms with Crippen LogP contribution in [0.5, 0.6) is 0 Å². The number of aliphatic imine (C=N–C) groups is 1. The van der Waals surface area contributed by atoms with Gasteiger partial charge in [0.2, 0.25) is 0 Å². The van der Waals surface area contributed by atoms with Gasteiger partial charge in [-0.2, -0.15) is 0 Å². The van der Waals surface area contributed by atoms with Crippen LogP contribution in [0.3, 0.4) is 0 Å². The maximum atomic E-state index is 5.35. The van der Waals surface area contributed by atoms with Crippen LogP contribution in [0.25, 0.3) is 0 Å². The van der Waals surface area contributed by atoms with Crippen molar-refractivity contribution >= 4 is 6.21 Å². The van der Waals surface area contributed by atoms with E-state index in [0.717, 1.165) is 5.76 Å². The highest BCUT2D eigenvalue weighted by atomic mass is 16.5. The maximum absolute atomic E-state index is 5.35. The smallest absolute Gasteiger partial charge is 0.178 e. The van der Waals surface area contributed by atoms with E-state index in [-0.39, 0.29) is 0 Å². The van der Waals surface area contributed by atoms with Crippen LogP contribution in [0.4, 0.5) is 0 Å². The summed E-state index contributed by atoms with van der Waals surface area (Å²) in [7, 11) is 0. The van der Waals surface area contributed by atoms with Gasteiger partial charge in [-0.15, -0.1) is 0 Å². The Morgan fingerprint density at radius 3 is 3.50 bits per heavy atom. The SMILES string of the molecule is C1=NCOC2=CCCCC12. The second-order valence-corrected chi connectivity index (χ2v) is 2.75. The Hall–Kier alpha value is -0.790. The molecule has 0 aromatic carbocycles. The molecule has 0 N–H and O–H groups in total. The second kappa shape index (κ2) is 2.45. The molecule has 2 aliphatic rings. The van der Waals surface area contributed by atoms with E-state index in [2.05, 4.69) is 11.1 Å². The van der Waals surface area contributed by atoms with Crippen molar-refractivity contribution in [2.24, 2.45) is 10.9 Å². The predicted molar refractivity (Wildman–Crippen MR) is 39.9 cm³/mol. The summed E-state index contributed by atoms with van der Waals surface area (Å²) in [5.74, 6) is 1.66. The normalized spacial score (nSPS) is 30.4. The van der Waals surface area contributed by atoms with Crippen LogP contribution in [0.1, 0.15) is 19.3 Å². The van der Waals surface area contributed by atoms with Gasteiger partial charge in [0, 0.05) is 6.21 Å². The summed E-state index contributed by atoms with van der Waals surface area (Å²) in [5.41, 5.74) is 0. The summed E-state index contributed by atoms with van der Waals surface area (Å²) in [6, 6.07) is 0. The molecule has 10 heavy (non-hydrogen) atoms. The minimum Gasteiger partial charge on any atom is -0.475 e. The van der Waals surface area contributed by atoms with Crippen LogP contribution in [0.2, 0.25) is 0 Å². The highest BCUT2D eigenvalue weighted by Gasteiger charge is 2.18. The molecule has 1 aliphatic carbocycles. The van der Waals surface area contributed by atoms with E-state index in [0.29, 0.717) is 12.6 Å². The first kappa shape index (κ1) is 5.96. The third kappa shape index (κ3) is 0.939. The molecular formula is C8H11NO. The summed E-state index contributed by atoms with van der Waals surface area (Å²) in [6.45, 7) is 0.530. The van der Waals surface area contributed by atoms with Crippen LogP contribution in [0, 0.1) is 5.92 Å². The van der Waals surface area contributed by atoms with Crippen LogP contribution >= 0.6 is 0 Å². The quantitative estimate of drug-likeness (QED) is 0.498. The van der Waals surface area contributed by atoms with Crippen LogP contribution < -0.4 is 0 Å². The van der Waals surface area contributed by atoms with E-state index in [1.807, 2.05) is 6.21 Å². The topological polar surface area (TPSA) is 21.6 Å². The lowest BCUT2D eigenvalue weighted by atomic mass is 9.94. The van der Waals surface area contributed by atoms with Crippen molar-refractivity contribution in [3.05, 3.63) is 11.8 Å². The molecule has 0 saturated heterocycles. The van der Waals surface area contributed by atoms with Gasteiger partial charge < -0.3 is 4.74 Å². The Kier molecular flexibility index (Phi) is 1.46. The Bertz CT molecular complexity index is 184. The third-order valence-corrected chi connectivity index (χ3v) is 2.02. The van der Waals surface area contributed by atoms with Crippen LogP contribution in [0.15, 0.2) is 16.8 Å². The number of nitrogens with zero attached hydrogens (tertiary/aromatic N) is 1. The van der Waals surface area contributed by atoms with Gasteiger partial charge in [-0.05, 0) is 25.3 Å². The largest absolute Gasteiger partial charge is 0.475 e. The number of hydrogen-bond acceptors (Lipinski definition) is 2. The van der Waals surface area contributed by atoms with E-state index in [1.165, 1.54) is 19.3 Å². The van der Waals surface area contributed by atoms with Crippen molar-refractivity contribution in [1.82, 2.24) is 0 Å². The van der Waals surface area contributed by atoms with Gasteiger partial charge in [0.1, 0.15) is 5.76 Å². The molecule has 0 bridgehead atoms. The molecule has 2 heteroatoms. The van der Waals surface area contributed by atoms with Crippen LogP contribution in [-0.2, 0) is 4.74 Å². The Morgan fingerprint density at radius 2 is 2.60 bits per heavy atom. The fourth-order valence-corrected chi connectivity index (χ4v) is 1.47. The molecule has 0 aromatic rings. The minimum absolute atomic E-state index is 0.502. The van der Waals surface area contributed by atoms with Crippen molar-refractivity contribution in [1.29, 1.82) is 0 Å². The lowest BCUT2D eigenvalue weighted by molar-refractivity contribution is 0.180. The molecule has 1 heterocycles. The molecule has 1 atom stereocenters. The van der Waals surface area contributed by atoms with Crippen molar-refractivity contribution in [3.8, 4) is 0 Å². The Labute approximate surface area is 60.6 Å². The van der Waals surface area contributed by atoms with Crippen molar-refractivity contribution in [2.75, 3.05) is 6.73 Å². The zero-order valence-electron chi connectivity index (χ0n) is 5.92. The molecule has 2 nitrogen and oxygen atoms in total. The number of rotatable bonds is 0. The first-order valence-electron chi connectivity index (χ1n) is 3.79.